The van der Waals surface area contributed by atoms with Gasteiger partial charge in [-0.2, -0.15) is 0 Å². The molecule has 1 nitrogen and oxygen atoms in total. The number of aldehydes is 1. The molecule has 0 saturated heterocycles. The van der Waals surface area contributed by atoms with E-state index in [1.807, 2.05) is 18.2 Å². The largest absolute Gasteiger partial charge is 0.298 e. The van der Waals surface area contributed by atoms with Crippen LogP contribution in [0.2, 0.25) is 0 Å². The molecule has 0 bridgehead atoms. The quantitative estimate of drug-likeness (QED) is 0.689. The van der Waals surface area contributed by atoms with Gasteiger partial charge in [-0.05, 0) is 36.6 Å². The number of hydrogen-bond donors (Lipinski definition) is 0. The van der Waals surface area contributed by atoms with Gasteiger partial charge in [-0.3, -0.25) is 4.79 Å². The van der Waals surface area contributed by atoms with Gasteiger partial charge in [-0.25, -0.2) is 0 Å². The number of benzene rings is 2. The van der Waals surface area contributed by atoms with E-state index < -0.39 is 0 Å². The lowest BCUT2D eigenvalue weighted by Gasteiger charge is -2.07. The van der Waals surface area contributed by atoms with Crippen LogP contribution in [0.4, 0.5) is 0 Å². The molecule has 0 spiro atoms. The summed E-state index contributed by atoms with van der Waals surface area (Å²) in [6, 6.07) is 14.1. The van der Waals surface area contributed by atoms with Gasteiger partial charge in [0.2, 0.25) is 0 Å². The molecule has 0 fully saturated rings. The van der Waals surface area contributed by atoms with E-state index in [1.54, 1.807) is 0 Å². The van der Waals surface area contributed by atoms with Crippen LogP contribution in [-0.2, 0) is 0 Å². The molecule has 16 heavy (non-hydrogen) atoms. The Morgan fingerprint density at radius 3 is 2.25 bits per heavy atom. The van der Waals surface area contributed by atoms with E-state index in [4.69, 9.17) is 0 Å². The second-order valence-corrected chi connectivity index (χ2v) is 4.06. The molecular formula is C15H14O. The second kappa shape index (κ2) is 4.31. The zero-order valence-electron chi connectivity index (χ0n) is 9.53. The molecule has 0 aliphatic rings. The van der Waals surface area contributed by atoms with Crippen molar-refractivity contribution in [3.05, 3.63) is 59.2 Å². The molecule has 0 aromatic heterocycles. The Bertz CT molecular complexity index is 509. The summed E-state index contributed by atoms with van der Waals surface area (Å²) in [6.45, 7) is 4.13. The van der Waals surface area contributed by atoms with Gasteiger partial charge in [0, 0.05) is 5.56 Å². The van der Waals surface area contributed by atoms with Crippen LogP contribution < -0.4 is 0 Å². The van der Waals surface area contributed by atoms with Crippen molar-refractivity contribution in [2.24, 2.45) is 0 Å². The fraction of sp³-hybridized carbons (Fsp3) is 0.133. The normalized spacial score (nSPS) is 10.1. The molecule has 0 heterocycles. The molecule has 0 N–H and O–H groups in total. The van der Waals surface area contributed by atoms with Crippen LogP contribution in [0.15, 0.2) is 42.5 Å². The van der Waals surface area contributed by atoms with Crippen LogP contribution in [0.25, 0.3) is 11.1 Å². The Morgan fingerprint density at radius 1 is 0.938 bits per heavy atom. The molecule has 2 aromatic rings. The van der Waals surface area contributed by atoms with Crippen LogP contribution in [0.3, 0.4) is 0 Å². The van der Waals surface area contributed by atoms with Crippen molar-refractivity contribution in [2.75, 3.05) is 0 Å². The minimum atomic E-state index is 0.723. The zero-order valence-corrected chi connectivity index (χ0v) is 9.53. The van der Waals surface area contributed by atoms with E-state index in [9.17, 15) is 4.79 Å². The zero-order chi connectivity index (χ0) is 11.5. The fourth-order valence-electron chi connectivity index (χ4n) is 1.76. The van der Waals surface area contributed by atoms with Crippen LogP contribution in [0.1, 0.15) is 21.5 Å². The monoisotopic (exact) mass is 210 g/mol. The Hall–Kier alpha value is -1.89. The minimum absolute atomic E-state index is 0.723. The lowest BCUT2D eigenvalue weighted by atomic mass is 9.98. The van der Waals surface area contributed by atoms with E-state index in [0.29, 0.717) is 0 Å². The van der Waals surface area contributed by atoms with Crippen molar-refractivity contribution < 1.29 is 4.79 Å². The number of aryl methyl sites for hydroxylation is 2. The van der Waals surface area contributed by atoms with Crippen LogP contribution >= 0.6 is 0 Å². The average Bonchev–Trinajstić information content (AvgIpc) is 2.31. The van der Waals surface area contributed by atoms with Gasteiger partial charge in [0.1, 0.15) is 6.29 Å². The highest BCUT2D eigenvalue weighted by molar-refractivity contribution is 5.80. The molecule has 0 saturated carbocycles. The van der Waals surface area contributed by atoms with Gasteiger partial charge in [0.15, 0.2) is 0 Å². The van der Waals surface area contributed by atoms with E-state index in [2.05, 4.69) is 38.1 Å². The molecule has 80 valence electrons. The first-order chi connectivity index (χ1) is 7.70. The summed E-state index contributed by atoms with van der Waals surface area (Å²) in [5, 5.41) is 0. The number of carbonyl (C=O) groups excluding carboxylic acids is 1. The molecule has 0 aliphatic heterocycles. The summed E-state index contributed by atoms with van der Waals surface area (Å²) in [5.74, 6) is 0. The van der Waals surface area contributed by atoms with Gasteiger partial charge < -0.3 is 0 Å². The van der Waals surface area contributed by atoms with Gasteiger partial charge in [0.25, 0.3) is 0 Å². The van der Waals surface area contributed by atoms with Gasteiger partial charge in [-0.15, -0.1) is 0 Å². The third kappa shape index (κ3) is 2.03. The predicted molar refractivity (Wildman–Crippen MR) is 66.7 cm³/mol. The maximum atomic E-state index is 10.8. The SMILES string of the molecule is Cc1ccc(-c2cc(C=O)ccc2C)cc1. The summed E-state index contributed by atoms with van der Waals surface area (Å²) in [6.07, 6.45) is 0.886. The van der Waals surface area contributed by atoms with Crippen LogP contribution in [0, 0.1) is 13.8 Å². The molecule has 0 aliphatic carbocycles. The van der Waals surface area contributed by atoms with Crippen LogP contribution in [-0.4, -0.2) is 6.29 Å². The minimum Gasteiger partial charge on any atom is -0.298 e. The number of rotatable bonds is 2. The van der Waals surface area contributed by atoms with Crippen molar-refractivity contribution in [3.8, 4) is 11.1 Å². The molecular weight excluding hydrogens is 196 g/mol. The highest BCUT2D eigenvalue weighted by Gasteiger charge is 2.02. The topological polar surface area (TPSA) is 17.1 Å². The summed E-state index contributed by atoms with van der Waals surface area (Å²) >= 11 is 0. The van der Waals surface area contributed by atoms with E-state index in [-0.39, 0.29) is 0 Å². The highest BCUT2D eigenvalue weighted by Crippen LogP contribution is 2.24. The molecule has 1 heteroatoms. The first-order valence-corrected chi connectivity index (χ1v) is 5.33. The molecule has 2 rings (SSSR count). The van der Waals surface area contributed by atoms with Gasteiger partial charge in [0.05, 0.1) is 0 Å². The van der Waals surface area contributed by atoms with Gasteiger partial charge in [-0.1, -0.05) is 42.0 Å². The van der Waals surface area contributed by atoms with Crippen molar-refractivity contribution in [2.45, 2.75) is 13.8 Å². The molecule has 0 amide bonds. The van der Waals surface area contributed by atoms with Crippen LogP contribution in [0.5, 0.6) is 0 Å². The summed E-state index contributed by atoms with van der Waals surface area (Å²) in [5.41, 5.74) is 5.44. The molecule has 0 atom stereocenters. The maximum Gasteiger partial charge on any atom is 0.150 e. The number of carbonyl (C=O) groups is 1. The maximum absolute atomic E-state index is 10.8. The lowest BCUT2D eigenvalue weighted by Crippen LogP contribution is -1.87. The Balaban J connectivity index is 2.54. The standard InChI is InChI=1S/C15H14O/c1-11-3-7-14(8-4-11)15-9-13(10-16)6-5-12(15)2/h3-10H,1-2H3. The first-order valence-electron chi connectivity index (χ1n) is 5.33. The van der Waals surface area contributed by atoms with E-state index in [0.717, 1.165) is 23.0 Å². The van der Waals surface area contributed by atoms with Gasteiger partial charge >= 0.3 is 0 Å². The Morgan fingerprint density at radius 2 is 1.62 bits per heavy atom. The van der Waals surface area contributed by atoms with E-state index in [1.165, 1.54) is 11.1 Å². The van der Waals surface area contributed by atoms with Crippen molar-refractivity contribution >= 4 is 6.29 Å². The fourth-order valence-corrected chi connectivity index (χ4v) is 1.76. The predicted octanol–water partition coefficient (Wildman–Crippen LogP) is 3.78. The smallest absolute Gasteiger partial charge is 0.150 e. The second-order valence-electron chi connectivity index (χ2n) is 4.06. The van der Waals surface area contributed by atoms with Crippen molar-refractivity contribution in [1.29, 1.82) is 0 Å². The third-order valence-corrected chi connectivity index (χ3v) is 2.76. The molecule has 0 radical (unpaired) electrons. The summed E-state index contributed by atoms with van der Waals surface area (Å²) in [4.78, 5) is 10.8. The van der Waals surface area contributed by atoms with Crippen molar-refractivity contribution in [3.63, 3.8) is 0 Å². The highest BCUT2D eigenvalue weighted by atomic mass is 16.1. The lowest BCUT2D eigenvalue weighted by molar-refractivity contribution is 0.112. The summed E-state index contributed by atoms with van der Waals surface area (Å²) in [7, 11) is 0. The molecule has 2 aromatic carbocycles. The number of hydrogen-bond acceptors (Lipinski definition) is 1. The Kier molecular flexibility index (Phi) is 2.86. The first kappa shape index (κ1) is 10.6. The van der Waals surface area contributed by atoms with E-state index >= 15 is 0 Å². The van der Waals surface area contributed by atoms with Crippen molar-refractivity contribution in [1.82, 2.24) is 0 Å². The Labute approximate surface area is 95.7 Å². The average molecular weight is 210 g/mol. The third-order valence-electron chi connectivity index (χ3n) is 2.76. The molecule has 0 unspecified atom stereocenters. The summed E-state index contributed by atoms with van der Waals surface area (Å²) < 4.78 is 0.